The lowest BCUT2D eigenvalue weighted by Crippen LogP contribution is -2.61. The van der Waals surface area contributed by atoms with Crippen molar-refractivity contribution in [3.05, 3.63) is 119 Å². The van der Waals surface area contributed by atoms with Gasteiger partial charge in [-0.1, -0.05) is 103 Å². The summed E-state index contributed by atoms with van der Waals surface area (Å²) in [5.74, 6) is 0.387. The lowest BCUT2D eigenvalue weighted by atomic mass is 9.68. The summed E-state index contributed by atoms with van der Waals surface area (Å²) < 4.78 is 8.37. The summed E-state index contributed by atoms with van der Waals surface area (Å²) in [5.41, 5.74) is 16.2. The van der Waals surface area contributed by atoms with E-state index in [2.05, 4.69) is 136 Å². The lowest BCUT2D eigenvalue weighted by molar-refractivity contribution is -0.752. The molecule has 0 spiro atoms. The molecule has 3 aromatic carbocycles. The number of aryl methyl sites for hydroxylation is 2. The van der Waals surface area contributed by atoms with E-state index in [0.29, 0.717) is 12.0 Å². The first-order valence-electron chi connectivity index (χ1n) is 18.6. The molecule has 2 aliphatic heterocycles. The molecule has 1 aliphatic carbocycles. The highest BCUT2D eigenvalue weighted by molar-refractivity contribution is 7.26. The van der Waals surface area contributed by atoms with Crippen molar-refractivity contribution in [1.29, 1.82) is 0 Å². The van der Waals surface area contributed by atoms with Gasteiger partial charge >= 0.3 is 0 Å². The highest BCUT2D eigenvalue weighted by Crippen LogP contribution is 2.57. The Morgan fingerprint density at radius 1 is 0.812 bits per heavy atom. The fourth-order valence-corrected chi connectivity index (χ4v) is 11.5. The highest BCUT2D eigenvalue weighted by atomic mass is 32.1. The van der Waals surface area contributed by atoms with Crippen molar-refractivity contribution in [2.75, 3.05) is 0 Å². The Labute approximate surface area is 290 Å². The zero-order chi connectivity index (χ0) is 32.9. The summed E-state index contributed by atoms with van der Waals surface area (Å²) in [5, 5.41) is 1.51. The number of hydrogen-bond donors (Lipinski definition) is 0. The van der Waals surface area contributed by atoms with Gasteiger partial charge in [-0.3, -0.25) is 0 Å². The molecular formula is C45H48N2S+2. The van der Waals surface area contributed by atoms with Crippen LogP contribution in [-0.4, -0.2) is 0 Å². The predicted molar refractivity (Wildman–Crippen MR) is 201 cm³/mol. The molecule has 242 valence electrons. The summed E-state index contributed by atoms with van der Waals surface area (Å²) in [6.07, 6.45) is 12.9. The Morgan fingerprint density at radius 3 is 2.42 bits per heavy atom. The predicted octanol–water partition coefficient (Wildman–Crippen LogP) is 11.1. The maximum atomic E-state index is 2.79. The Bertz CT molecular complexity index is 2210. The SMILES string of the molecule is CCCCc1cccc(-c2ccc3c4c2sc2cc(CC)c[n+](c24)C(CC)(CC)C3CC2c3cccc4c3-c3c(ccc[n+]32)C4(C)C)c1. The molecule has 2 unspecified atom stereocenters. The van der Waals surface area contributed by atoms with Gasteiger partial charge in [-0.15, -0.1) is 11.3 Å². The summed E-state index contributed by atoms with van der Waals surface area (Å²) in [6, 6.07) is 29.1. The number of hydrogen-bond acceptors (Lipinski definition) is 1. The van der Waals surface area contributed by atoms with Gasteiger partial charge in [0.15, 0.2) is 24.0 Å². The van der Waals surface area contributed by atoms with Crippen molar-refractivity contribution in [1.82, 2.24) is 0 Å². The smallest absolute Gasteiger partial charge is 0.191 e. The van der Waals surface area contributed by atoms with Crippen LogP contribution < -0.4 is 9.13 Å². The third-order valence-electron chi connectivity index (χ3n) is 12.8. The third kappa shape index (κ3) is 3.91. The first-order chi connectivity index (χ1) is 23.4. The number of benzene rings is 3. The van der Waals surface area contributed by atoms with Crippen LogP contribution in [0, 0.1) is 0 Å². The minimum atomic E-state index is 0.00804. The maximum absolute atomic E-state index is 2.79. The van der Waals surface area contributed by atoms with Gasteiger partial charge in [0.05, 0.1) is 16.9 Å². The highest BCUT2D eigenvalue weighted by Gasteiger charge is 2.56. The van der Waals surface area contributed by atoms with Gasteiger partial charge in [-0.05, 0) is 59.2 Å². The standard InChI is InChI=1S/C45H48N2S/c1-7-11-15-29-16-12-17-30(24-29)31-21-22-32-36(45(9-3,10-4)47-27-28(8-2)25-38-42(47)40(32)43(31)48-38)26-37-33-18-13-19-34-39(33)41-35(44(34,5)6)20-14-23-46(37)41/h12-14,16-25,27,36-37H,7-11,15,26H2,1-6H3/q+2. The zero-order valence-corrected chi connectivity index (χ0v) is 30.3. The van der Waals surface area contributed by atoms with Crippen molar-refractivity contribution < 1.29 is 9.13 Å². The fourth-order valence-electron chi connectivity index (χ4n) is 10.2. The number of unbranched alkanes of at least 4 members (excludes halogenated alkanes) is 1. The fraction of sp³-hybridized carbons (Fsp3) is 0.378. The average molecular weight is 649 g/mol. The monoisotopic (exact) mass is 648 g/mol. The van der Waals surface area contributed by atoms with E-state index in [-0.39, 0.29) is 11.0 Å². The number of aromatic nitrogens is 2. The van der Waals surface area contributed by atoms with E-state index in [4.69, 9.17) is 0 Å². The van der Waals surface area contributed by atoms with E-state index in [1.165, 1.54) is 83.3 Å². The van der Waals surface area contributed by atoms with E-state index < -0.39 is 0 Å². The molecule has 0 amide bonds. The van der Waals surface area contributed by atoms with E-state index in [1.54, 1.807) is 5.56 Å². The Morgan fingerprint density at radius 2 is 1.62 bits per heavy atom. The van der Waals surface area contributed by atoms with E-state index in [1.807, 2.05) is 11.3 Å². The van der Waals surface area contributed by atoms with Gasteiger partial charge in [0.25, 0.3) is 0 Å². The maximum Gasteiger partial charge on any atom is 0.232 e. The normalized spacial score (nSPS) is 19.1. The molecule has 0 saturated heterocycles. The quantitative estimate of drug-likeness (QED) is 0.138. The van der Waals surface area contributed by atoms with Crippen LogP contribution in [0.15, 0.2) is 85.2 Å². The second-order valence-corrected chi connectivity index (χ2v) is 16.3. The summed E-state index contributed by atoms with van der Waals surface area (Å²) in [4.78, 5) is 0. The molecule has 3 aliphatic rings. The Kier molecular flexibility index (Phi) is 6.83. The zero-order valence-electron chi connectivity index (χ0n) is 29.5. The van der Waals surface area contributed by atoms with Crippen molar-refractivity contribution in [2.45, 2.75) is 109 Å². The topological polar surface area (TPSA) is 7.76 Å². The first-order valence-corrected chi connectivity index (χ1v) is 19.4. The molecular weight excluding hydrogens is 601 g/mol. The number of nitrogens with zero attached hydrogens (tertiary/aromatic N) is 2. The minimum absolute atomic E-state index is 0.00804. The minimum Gasteiger partial charge on any atom is -0.191 e. The summed E-state index contributed by atoms with van der Waals surface area (Å²) in [6.45, 7) is 14.3. The molecule has 3 heteroatoms. The van der Waals surface area contributed by atoms with E-state index in [9.17, 15) is 0 Å². The molecule has 0 radical (unpaired) electrons. The molecule has 0 fully saturated rings. The molecule has 48 heavy (non-hydrogen) atoms. The molecule has 0 N–H and O–H groups in total. The summed E-state index contributed by atoms with van der Waals surface area (Å²) >= 11 is 2.03. The molecule has 3 aromatic heterocycles. The van der Waals surface area contributed by atoms with Gasteiger partial charge in [0, 0.05) is 52.1 Å². The largest absolute Gasteiger partial charge is 0.232 e. The first kappa shape index (κ1) is 30.3. The van der Waals surface area contributed by atoms with Crippen LogP contribution in [0.3, 0.4) is 0 Å². The molecule has 2 atom stereocenters. The average Bonchev–Trinajstić information content (AvgIpc) is 3.74. The third-order valence-corrected chi connectivity index (χ3v) is 13.9. The number of rotatable bonds is 9. The van der Waals surface area contributed by atoms with Crippen LogP contribution >= 0.6 is 11.3 Å². The second-order valence-electron chi connectivity index (χ2n) is 15.3. The molecule has 2 nitrogen and oxygen atoms in total. The van der Waals surface area contributed by atoms with Crippen LogP contribution in [0.2, 0.25) is 0 Å². The van der Waals surface area contributed by atoms with Crippen LogP contribution in [0.5, 0.6) is 0 Å². The van der Waals surface area contributed by atoms with Crippen molar-refractivity contribution in [3.8, 4) is 22.4 Å². The van der Waals surface area contributed by atoms with Crippen molar-refractivity contribution in [3.63, 3.8) is 0 Å². The molecule has 0 bridgehead atoms. The van der Waals surface area contributed by atoms with Crippen LogP contribution in [0.4, 0.5) is 0 Å². The Hall–Kier alpha value is -3.82. The molecule has 6 aromatic rings. The lowest BCUT2D eigenvalue weighted by Gasteiger charge is -2.39. The van der Waals surface area contributed by atoms with Crippen LogP contribution in [0.25, 0.3) is 42.7 Å². The van der Waals surface area contributed by atoms with Gasteiger partial charge in [0.1, 0.15) is 4.70 Å². The number of pyridine rings is 2. The second kappa shape index (κ2) is 10.8. The van der Waals surface area contributed by atoms with Gasteiger partial charge in [0.2, 0.25) is 11.2 Å². The van der Waals surface area contributed by atoms with E-state index >= 15 is 0 Å². The van der Waals surface area contributed by atoms with Gasteiger partial charge < -0.3 is 0 Å². The van der Waals surface area contributed by atoms with Crippen LogP contribution in [-0.2, 0) is 23.8 Å². The van der Waals surface area contributed by atoms with E-state index in [0.717, 1.165) is 32.1 Å². The Balaban J connectivity index is 1.28. The molecule has 9 rings (SSSR count). The van der Waals surface area contributed by atoms with Gasteiger partial charge in [-0.2, -0.15) is 9.13 Å². The van der Waals surface area contributed by atoms with Crippen molar-refractivity contribution in [2.24, 2.45) is 0 Å². The van der Waals surface area contributed by atoms with Crippen molar-refractivity contribution >= 4 is 31.6 Å². The van der Waals surface area contributed by atoms with Gasteiger partial charge in [-0.25, -0.2) is 0 Å². The summed E-state index contributed by atoms with van der Waals surface area (Å²) in [7, 11) is 0. The molecule has 0 saturated carbocycles. The number of thiophene rings is 1. The molecule has 5 heterocycles. The van der Waals surface area contributed by atoms with Crippen LogP contribution in [0.1, 0.15) is 119 Å².